The first-order chi connectivity index (χ1) is 10.1. The molecule has 1 heterocycles. The maximum absolute atomic E-state index is 12.2. The van der Waals surface area contributed by atoms with Crippen molar-refractivity contribution >= 4 is 11.6 Å². The van der Waals surface area contributed by atoms with Crippen LogP contribution in [-0.4, -0.2) is 16.9 Å². The van der Waals surface area contributed by atoms with Gasteiger partial charge in [0.1, 0.15) is 0 Å². The van der Waals surface area contributed by atoms with Gasteiger partial charge in [-0.3, -0.25) is 15.1 Å². The molecular formula is C17H21N3O. The fraction of sp³-hybridized carbons (Fsp3) is 0.294. The zero-order chi connectivity index (χ0) is 15.2. The van der Waals surface area contributed by atoms with Crippen LogP contribution >= 0.6 is 0 Å². The third kappa shape index (κ3) is 4.39. The maximum atomic E-state index is 12.2. The summed E-state index contributed by atoms with van der Waals surface area (Å²) in [5.74, 6) is -0.0419. The summed E-state index contributed by atoms with van der Waals surface area (Å²) in [6, 6.07) is 11.5. The van der Waals surface area contributed by atoms with Gasteiger partial charge in [0.15, 0.2) is 0 Å². The van der Waals surface area contributed by atoms with Crippen LogP contribution in [0.5, 0.6) is 0 Å². The summed E-state index contributed by atoms with van der Waals surface area (Å²) < 4.78 is 0. The lowest BCUT2D eigenvalue weighted by atomic mass is 10.1. The van der Waals surface area contributed by atoms with Gasteiger partial charge >= 0.3 is 0 Å². The summed E-state index contributed by atoms with van der Waals surface area (Å²) >= 11 is 0. The van der Waals surface area contributed by atoms with E-state index >= 15 is 0 Å². The fourth-order valence-electron chi connectivity index (χ4n) is 2.09. The molecular weight excluding hydrogens is 262 g/mol. The molecule has 0 radical (unpaired) electrons. The summed E-state index contributed by atoms with van der Waals surface area (Å²) in [7, 11) is 0. The molecule has 1 amide bonds. The second-order valence-electron chi connectivity index (χ2n) is 5.25. The fourth-order valence-corrected chi connectivity index (χ4v) is 2.09. The Hall–Kier alpha value is -2.20. The van der Waals surface area contributed by atoms with Crippen LogP contribution < -0.4 is 10.6 Å². The third-order valence-corrected chi connectivity index (χ3v) is 3.42. The highest BCUT2D eigenvalue weighted by Gasteiger charge is 2.16. The molecule has 4 nitrogen and oxygen atoms in total. The van der Waals surface area contributed by atoms with Crippen molar-refractivity contribution in [3.8, 4) is 0 Å². The molecule has 2 atom stereocenters. The number of pyridine rings is 1. The van der Waals surface area contributed by atoms with E-state index < -0.39 is 0 Å². The number of carbonyl (C=O) groups is 1. The molecule has 4 heteroatoms. The number of anilines is 1. The number of aryl methyl sites for hydroxylation is 1. The Labute approximate surface area is 125 Å². The molecule has 0 bridgehead atoms. The van der Waals surface area contributed by atoms with Crippen molar-refractivity contribution in [3.63, 3.8) is 0 Å². The molecule has 0 aliphatic rings. The van der Waals surface area contributed by atoms with E-state index in [1.165, 1.54) is 5.56 Å². The zero-order valence-corrected chi connectivity index (χ0v) is 12.6. The number of amides is 1. The third-order valence-electron chi connectivity index (χ3n) is 3.42. The Morgan fingerprint density at radius 3 is 2.29 bits per heavy atom. The van der Waals surface area contributed by atoms with E-state index in [-0.39, 0.29) is 18.0 Å². The average Bonchev–Trinajstić information content (AvgIpc) is 2.50. The highest BCUT2D eigenvalue weighted by molar-refractivity contribution is 5.94. The zero-order valence-electron chi connectivity index (χ0n) is 12.6. The first-order valence-corrected chi connectivity index (χ1v) is 7.10. The summed E-state index contributed by atoms with van der Waals surface area (Å²) in [6.07, 6.45) is 3.51. The lowest BCUT2D eigenvalue weighted by molar-refractivity contribution is -0.117. The van der Waals surface area contributed by atoms with Crippen molar-refractivity contribution in [1.82, 2.24) is 10.3 Å². The average molecular weight is 283 g/mol. The van der Waals surface area contributed by atoms with Crippen molar-refractivity contribution < 1.29 is 4.79 Å². The van der Waals surface area contributed by atoms with E-state index in [0.29, 0.717) is 0 Å². The van der Waals surface area contributed by atoms with Crippen molar-refractivity contribution in [1.29, 1.82) is 0 Å². The van der Waals surface area contributed by atoms with Crippen LogP contribution in [0, 0.1) is 6.92 Å². The van der Waals surface area contributed by atoms with Gasteiger partial charge in [0.25, 0.3) is 0 Å². The van der Waals surface area contributed by atoms with Gasteiger partial charge in [0.05, 0.1) is 6.04 Å². The number of aromatic nitrogens is 1. The van der Waals surface area contributed by atoms with Crippen LogP contribution in [0.3, 0.4) is 0 Å². The van der Waals surface area contributed by atoms with Crippen molar-refractivity contribution in [3.05, 3.63) is 59.9 Å². The Kier molecular flexibility index (Phi) is 5.06. The Balaban J connectivity index is 1.92. The number of hydrogen-bond donors (Lipinski definition) is 2. The summed E-state index contributed by atoms with van der Waals surface area (Å²) in [5, 5.41) is 6.20. The van der Waals surface area contributed by atoms with E-state index in [2.05, 4.69) is 15.6 Å². The van der Waals surface area contributed by atoms with Gasteiger partial charge in [0, 0.05) is 24.1 Å². The van der Waals surface area contributed by atoms with Crippen molar-refractivity contribution in [2.45, 2.75) is 32.9 Å². The smallest absolute Gasteiger partial charge is 0.241 e. The number of carbonyl (C=O) groups excluding carboxylic acids is 1. The molecule has 21 heavy (non-hydrogen) atoms. The molecule has 0 saturated heterocycles. The summed E-state index contributed by atoms with van der Waals surface area (Å²) in [5.41, 5.74) is 3.10. The van der Waals surface area contributed by atoms with Gasteiger partial charge in [-0.25, -0.2) is 0 Å². The lowest BCUT2D eigenvalue weighted by Gasteiger charge is -2.20. The number of hydrogen-bond acceptors (Lipinski definition) is 3. The van der Waals surface area contributed by atoms with Crippen LogP contribution in [0.4, 0.5) is 5.69 Å². The van der Waals surface area contributed by atoms with E-state index in [0.717, 1.165) is 11.3 Å². The van der Waals surface area contributed by atoms with Crippen molar-refractivity contribution in [2.75, 3.05) is 5.32 Å². The van der Waals surface area contributed by atoms with E-state index in [4.69, 9.17) is 0 Å². The quantitative estimate of drug-likeness (QED) is 0.886. The predicted octanol–water partition coefficient (Wildman–Crippen LogP) is 3.07. The SMILES string of the molecule is Cc1ccc(NC(=O)C(C)N[C@@H](C)c2ccncc2)cc1. The highest BCUT2D eigenvalue weighted by atomic mass is 16.2. The van der Waals surface area contributed by atoms with Crippen LogP contribution in [0.1, 0.15) is 31.0 Å². The molecule has 1 aromatic heterocycles. The molecule has 1 aromatic carbocycles. The standard InChI is InChI=1S/C17H21N3O/c1-12-4-6-16(7-5-12)20-17(21)14(3)19-13(2)15-8-10-18-11-9-15/h4-11,13-14,19H,1-3H3,(H,20,21)/t13-,14?/m0/s1. The van der Waals surface area contributed by atoms with Crippen molar-refractivity contribution in [2.24, 2.45) is 0 Å². The van der Waals surface area contributed by atoms with Gasteiger partial charge < -0.3 is 5.32 Å². The van der Waals surface area contributed by atoms with Gasteiger partial charge in [0.2, 0.25) is 5.91 Å². The van der Waals surface area contributed by atoms with Gasteiger partial charge in [-0.05, 0) is 50.6 Å². The second kappa shape index (κ2) is 6.99. The number of benzene rings is 1. The highest BCUT2D eigenvalue weighted by Crippen LogP contribution is 2.12. The molecule has 0 saturated carbocycles. The minimum absolute atomic E-state index is 0.0419. The topological polar surface area (TPSA) is 54.0 Å². The summed E-state index contributed by atoms with van der Waals surface area (Å²) in [6.45, 7) is 5.92. The van der Waals surface area contributed by atoms with E-state index in [1.54, 1.807) is 12.4 Å². The Morgan fingerprint density at radius 2 is 1.67 bits per heavy atom. The van der Waals surface area contributed by atoms with Crippen LogP contribution in [-0.2, 0) is 4.79 Å². The molecule has 0 aliphatic heterocycles. The Morgan fingerprint density at radius 1 is 1.05 bits per heavy atom. The normalized spacial score (nSPS) is 13.5. The molecule has 0 spiro atoms. The van der Waals surface area contributed by atoms with Crippen LogP contribution in [0.15, 0.2) is 48.8 Å². The molecule has 2 N–H and O–H groups in total. The first kappa shape index (κ1) is 15.2. The minimum Gasteiger partial charge on any atom is -0.325 e. The molecule has 2 aromatic rings. The largest absolute Gasteiger partial charge is 0.325 e. The van der Waals surface area contributed by atoms with E-state index in [9.17, 15) is 4.79 Å². The van der Waals surface area contributed by atoms with Crippen LogP contribution in [0.2, 0.25) is 0 Å². The van der Waals surface area contributed by atoms with Crippen LogP contribution in [0.25, 0.3) is 0 Å². The number of nitrogens with one attached hydrogen (secondary N) is 2. The summed E-state index contributed by atoms with van der Waals surface area (Å²) in [4.78, 5) is 16.2. The number of nitrogens with zero attached hydrogens (tertiary/aromatic N) is 1. The van der Waals surface area contributed by atoms with Gasteiger partial charge in [-0.1, -0.05) is 17.7 Å². The second-order valence-corrected chi connectivity index (χ2v) is 5.25. The predicted molar refractivity (Wildman–Crippen MR) is 85.1 cm³/mol. The monoisotopic (exact) mass is 283 g/mol. The number of rotatable bonds is 5. The Bertz CT molecular complexity index is 581. The molecule has 1 unspecified atom stereocenters. The lowest BCUT2D eigenvalue weighted by Crippen LogP contribution is -2.39. The van der Waals surface area contributed by atoms with E-state index in [1.807, 2.05) is 57.2 Å². The minimum atomic E-state index is -0.283. The van der Waals surface area contributed by atoms with Gasteiger partial charge in [-0.2, -0.15) is 0 Å². The first-order valence-electron chi connectivity index (χ1n) is 7.10. The molecule has 2 rings (SSSR count). The maximum Gasteiger partial charge on any atom is 0.241 e. The molecule has 0 fully saturated rings. The molecule has 110 valence electrons. The molecule has 0 aliphatic carbocycles. The van der Waals surface area contributed by atoms with Gasteiger partial charge in [-0.15, -0.1) is 0 Å².